The minimum Gasteiger partial charge on any atom is -0.356 e. The van der Waals surface area contributed by atoms with Crippen molar-refractivity contribution in [3.63, 3.8) is 0 Å². The predicted molar refractivity (Wildman–Crippen MR) is 76.2 cm³/mol. The van der Waals surface area contributed by atoms with Gasteiger partial charge in [-0.15, -0.1) is 0 Å². The molecule has 2 aromatic rings. The van der Waals surface area contributed by atoms with E-state index >= 15 is 0 Å². The molecule has 0 amide bonds. The smallest absolute Gasteiger partial charge is 0.170 e. The first-order chi connectivity index (χ1) is 8.85. The van der Waals surface area contributed by atoms with E-state index in [1.165, 1.54) is 6.07 Å². The Bertz CT molecular complexity index is 575. The SMILES string of the molecule is CC(C)(C)NCc1cc(-c2cc(Br)ccc2F)on1. The summed E-state index contributed by atoms with van der Waals surface area (Å²) in [6, 6.07) is 6.48. The second-order valence-electron chi connectivity index (χ2n) is 5.41. The molecule has 1 N–H and O–H groups in total. The van der Waals surface area contributed by atoms with Gasteiger partial charge in [-0.2, -0.15) is 0 Å². The summed E-state index contributed by atoms with van der Waals surface area (Å²) in [6.07, 6.45) is 0. The number of halogens is 2. The van der Waals surface area contributed by atoms with Crippen LogP contribution in [0.3, 0.4) is 0 Å². The molecule has 1 aromatic carbocycles. The molecule has 0 aliphatic rings. The lowest BCUT2D eigenvalue weighted by Gasteiger charge is -2.19. The predicted octanol–water partition coefficient (Wildman–Crippen LogP) is 4.13. The third kappa shape index (κ3) is 3.88. The first kappa shape index (κ1) is 14.2. The van der Waals surface area contributed by atoms with Crippen molar-refractivity contribution >= 4 is 15.9 Å². The standard InChI is InChI=1S/C14H16BrFN2O/c1-14(2,3)17-8-10-7-13(19-18-10)11-6-9(15)4-5-12(11)16/h4-7,17H,8H2,1-3H3. The summed E-state index contributed by atoms with van der Waals surface area (Å²) >= 11 is 3.32. The Kier molecular flexibility index (Phi) is 4.06. The second kappa shape index (κ2) is 5.43. The van der Waals surface area contributed by atoms with Gasteiger partial charge in [0.1, 0.15) is 5.82 Å². The van der Waals surface area contributed by atoms with Crippen molar-refractivity contribution in [3.8, 4) is 11.3 Å². The zero-order valence-electron chi connectivity index (χ0n) is 11.1. The van der Waals surface area contributed by atoms with Gasteiger partial charge in [-0.05, 0) is 39.0 Å². The molecule has 0 aliphatic heterocycles. The fraction of sp³-hybridized carbons (Fsp3) is 0.357. The van der Waals surface area contributed by atoms with Crippen molar-refractivity contribution in [1.29, 1.82) is 0 Å². The Balaban J connectivity index is 2.19. The molecule has 5 heteroatoms. The fourth-order valence-corrected chi connectivity index (χ4v) is 1.93. The third-order valence-electron chi connectivity index (χ3n) is 2.55. The highest BCUT2D eigenvalue weighted by atomic mass is 79.9. The number of hydrogen-bond acceptors (Lipinski definition) is 3. The van der Waals surface area contributed by atoms with E-state index in [1.54, 1.807) is 18.2 Å². The average Bonchev–Trinajstić information content (AvgIpc) is 2.77. The number of benzene rings is 1. The van der Waals surface area contributed by atoms with Crippen LogP contribution in [0.2, 0.25) is 0 Å². The lowest BCUT2D eigenvalue weighted by Crippen LogP contribution is -2.35. The number of hydrogen-bond donors (Lipinski definition) is 1. The molecular formula is C14H16BrFN2O. The summed E-state index contributed by atoms with van der Waals surface area (Å²) in [4.78, 5) is 0. The molecule has 0 aliphatic carbocycles. The van der Waals surface area contributed by atoms with Gasteiger partial charge in [-0.3, -0.25) is 0 Å². The normalized spacial score (nSPS) is 11.8. The molecule has 1 heterocycles. The van der Waals surface area contributed by atoms with Crippen molar-refractivity contribution in [2.45, 2.75) is 32.9 Å². The molecular weight excluding hydrogens is 311 g/mol. The van der Waals surface area contributed by atoms with Crippen LogP contribution >= 0.6 is 15.9 Å². The highest BCUT2D eigenvalue weighted by molar-refractivity contribution is 9.10. The fourth-order valence-electron chi connectivity index (χ4n) is 1.56. The lowest BCUT2D eigenvalue weighted by atomic mass is 10.1. The lowest BCUT2D eigenvalue weighted by molar-refractivity contribution is 0.392. The van der Waals surface area contributed by atoms with E-state index in [0.29, 0.717) is 17.9 Å². The summed E-state index contributed by atoms with van der Waals surface area (Å²) < 4.78 is 19.7. The Labute approximate surface area is 120 Å². The van der Waals surface area contributed by atoms with Crippen LogP contribution in [-0.2, 0) is 6.54 Å². The Hall–Kier alpha value is -1.20. The number of aromatic nitrogens is 1. The molecule has 102 valence electrons. The molecule has 19 heavy (non-hydrogen) atoms. The zero-order valence-corrected chi connectivity index (χ0v) is 12.7. The van der Waals surface area contributed by atoms with Gasteiger partial charge >= 0.3 is 0 Å². The molecule has 0 spiro atoms. The van der Waals surface area contributed by atoms with Crippen molar-refractivity contribution in [2.24, 2.45) is 0 Å². The molecule has 0 atom stereocenters. The Morgan fingerprint density at radius 2 is 2.05 bits per heavy atom. The first-order valence-corrected chi connectivity index (χ1v) is 6.80. The second-order valence-corrected chi connectivity index (χ2v) is 6.33. The van der Waals surface area contributed by atoms with Crippen LogP contribution in [0.5, 0.6) is 0 Å². The quantitative estimate of drug-likeness (QED) is 0.921. The molecule has 3 nitrogen and oxygen atoms in total. The minimum absolute atomic E-state index is 0.000137. The molecule has 0 radical (unpaired) electrons. The van der Waals surface area contributed by atoms with Crippen molar-refractivity contribution in [1.82, 2.24) is 10.5 Å². The third-order valence-corrected chi connectivity index (χ3v) is 3.05. The summed E-state index contributed by atoms with van der Waals surface area (Å²) in [5, 5.41) is 7.25. The monoisotopic (exact) mass is 326 g/mol. The van der Waals surface area contributed by atoms with Gasteiger partial charge < -0.3 is 9.84 Å². The van der Waals surface area contributed by atoms with Crippen LogP contribution in [0.4, 0.5) is 4.39 Å². The topological polar surface area (TPSA) is 38.1 Å². The van der Waals surface area contributed by atoms with Crippen LogP contribution in [0, 0.1) is 5.82 Å². The molecule has 0 saturated carbocycles. The van der Waals surface area contributed by atoms with Gasteiger partial charge in [-0.25, -0.2) is 4.39 Å². The highest BCUT2D eigenvalue weighted by Gasteiger charge is 2.14. The molecule has 0 fully saturated rings. The Morgan fingerprint density at radius 3 is 2.74 bits per heavy atom. The van der Waals surface area contributed by atoms with Crippen LogP contribution < -0.4 is 5.32 Å². The molecule has 0 bridgehead atoms. The molecule has 2 rings (SSSR count). The maximum Gasteiger partial charge on any atom is 0.170 e. The molecule has 0 unspecified atom stereocenters. The van der Waals surface area contributed by atoms with Gasteiger partial charge in [-0.1, -0.05) is 21.1 Å². The maximum atomic E-state index is 13.7. The van der Waals surface area contributed by atoms with Gasteiger partial charge in [0.15, 0.2) is 5.76 Å². The van der Waals surface area contributed by atoms with Gasteiger partial charge in [0.2, 0.25) is 0 Å². The van der Waals surface area contributed by atoms with E-state index in [-0.39, 0.29) is 11.4 Å². The van der Waals surface area contributed by atoms with E-state index < -0.39 is 0 Å². The number of nitrogens with zero attached hydrogens (tertiary/aromatic N) is 1. The van der Waals surface area contributed by atoms with Crippen LogP contribution in [0.1, 0.15) is 26.5 Å². The summed E-state index contributed by atoms with van der Waals surface area (Å²) in [5.74, 6) is 0.110. The van der Waals surface area contributed by atoms with E-state index in [9.17, 15) is 4.39 Å². The van der Waals surface area contributed by atoms with E-state index in [4.69, 9.17) is 4.52 Å². The van der Waals surface area contributed by atoms with E-state index in [1.807, 2.05) is 0 Å². The minimum atomic E-state index is -0.324. The zero-order chi connectivity index (χ0) is 14.0. The van der Waals surface area contributed by atoms with Crippen LogP contribution in [0.25, 0.3) is 11.3 Å². The number of nitrogens with one attached hydrogen (secondary N) is 1. The van der Waals surface area contributed by atoms with Crippen molar-refractivity contribution in [3.05, 3.63) is 40.2 Å². The van der Waals surface area contributed by atoms with Crippen LogP contribution in [0.15, 0.2) is 33.3 Å². The summed E-state index contributed by atoms with van der Waals surface area (Å²) in [6.45, 7) is 6.80. The summed E-state index contributed by atoms with van der Waals surface area (Å²) in [7, 11) is 0. The summed E-state index contributed by atoms with van der Waals surface area (Å²) in [5.41, 5.74) is 1.16. The van der Waals surface area contributed by atoms with Crippen molar-refractivity contribution in [2.75, 3.05) is 0 Å². The maximum absolute atomic E-state index is 13.7. The van der Waals surface area contributed by atoms with E-state index in [2.05, 4.69) is 47.2 Å². The molecule has 1 aromatic heterocycles. The van der Waals surface area contributed by atoms with Gasteiger partial charge in [0.05, 0.1) is 11.3 Å². The average molecular weight is 327 g/mol. The van der Waals surface area contributed by atoms with E-state index in [0.717, 1.165) is 10.2 Å². The van der Waals surface area contributed by atoms with Crippen molar-refractivity contribution < 1.29 is 8.91 Å². The van der Waals surface area contributed by atoms with Gasteiger partial charge in [0, 0.05) is 22.6 Å². The molecule has 0 saturated heterocycles. The van der Waals surface area contributed by atoms with Crippen LogP contribution in [-0.4, -0.2) is 10.7 Å². The highest BCUT2D eigenvalue weighted by Crippen LogP contribution is 2.26. The Morgan fingerprint density at radius 1 is 1.32 bits per heavy atom. The first-order valence-electron chi connectivity index (χ1n) is 6.01. The largest absolute Gasteiger partial charge is 0.356 e. The number of rotatable bonds is 3. The van der Waals surface area contributed by atoms with Gasteiger partial charge in [0.25, 0.3) is 0 Å².